The lowest BCUT2D eigenvalue weighted by Crippen LogP contribution is -2.43. The second kappa shape index (κ2) is 10.2. The fraction of sp³-hybridized carbons (Fsp3) is 0.933. The van der Waals surface area contributed by atoms with Crippen LogP contribution in [0.5, 0.6) is 0 Å². The van der Waals surface area contributed by atoms with E-state index in [1.54, 1.807) is 0 Å². The van der Waals surface area contributed by atoms with E-state index in [1.165, 1.54) is 12.8 Å². The van der Waals surface area contributed by atoms with Gasteiger partial charge in [0.05, 0.1) is 0 Å². The molecule has 0 bridgehead atoms. The van der Waals surface area contributed by atoms with E-state index in [0.29, 0.717) is 6.42 Å². The maximum Gasteiger partial charge on any atom is 0.320 e. The molecule has 0 saturated heterocycles. The molecular formula is C15H32N2O2. The third-order valence-electron chi connectivity index (χ3n) is 3.68. The predicted molar refractivity (Wildman–Crippen MR) is 80.5 cm³/mol. The topological polar surface area (TPSA) is 52.6 Å². The first-order valence-corrected chi connectivity index (χ1v) is 7.65. The summed E-state index contributed by atoms with van der Waals surface area (Å²) in [5, 5.41) is 12.3. The van der Waals surface area contributed by atoms with Gasteiger partial charge in [0.15, 0.2) is 0 Å². The first kappa shape index (κ1) is 18.4. The highest BCUT2D eigenvalue weighted by Crippen LogP contribution is 2.10. The molecule has 0 aromatic heterocycles. The minimum atomic E-state index is -0.743. The number of rotatable bonds is 11. The Labute approximate surface area is 118 Å². The van der Waals surface area contributed by atoms with Crippen molar-refractivity contribution < 1.29 is 9.90 Å². The Balaban J connectivity index is 4.25. The van der Waals surface area contributed by atoms with Gasteiger partial charge in [-0.3, -0.25) is 4.79 Å². The summed E-state index contributed by atoms with van der Waals surface area (Å²) < 4.78 is 0. The van der Waals surface area contributed by atoms with Crippen molar-refractivity contribution in [3.05, 3.63) is 0 Å². The summed E-state index contributed by atoms with van der Waals surface area (Å²) in [5.41, 5.74) is 0. The van der Waals surface area contributed by atoms with Crippen LogP contribution in [0.3, 0.4) is 0 Å². The summed E-state index contributed by atoms with van der Waals surface area (Å²) in [6, 6.07) is -0.231. The number of nitrogens with zero attached hydrogens (tertiary/aromatic N) is 1. The van der Waals surface area contributed by atoms with Gasteiger partial charge in [-0.05, 0) is 18.9 Å². The van der Waals surface area contributed by atoms with Crippen molar-refractivity contribution in [1.82, 2.24) is 10.2 Å². The molecule has 4 heteroatoms. The molecule has 114 valence electrons. The maximum absolute atomic E-state index is 11.2. The van der Waals surface area contributed by atoms with Crippen molar-refractivity contribution in [1.29, 1.82) is 0 Å². The second-order valence-corrected chi connectivity index (χ2v) is 5.58. The van der Waals surface area contributed by atoms with Gasteiger partial charge < -0.3 is 15.3 Å². The normalized spacial score (nSPS) is 13.5. The zero-order valence-corrected chi connectivity index (χ0v) is 13.3. The van der Waals surface area contributed by atoms with Gasteiger partial charge in [0.1, 0.15) is 6.04 Å². The smallest absolute Gasteiger partial charge is 0.320 e. The maximum atomic E-state index is 11.2. The van der Waals surface area contributed by atoms with Crippen LogP contribution < -0.4 is 5.32 Å². The molecule has 4 nitrogen and oxygen atoms in total. The van der Waals surface area contributed by atoms with Crippen LogP contribution in [-0.4, -0.2) is 47.7 Å². The van der Waals surface area contributed by atoms with Crippen molar-refractivity contribution in [2.24, 2.45) is 5.92 Å². The third-order valence-corrected chi connectivity index (χ3v) is 3.68. The number of carboxylic acids is 1. The Hall–Kier alpha value is -0.610. The van der Waals surface area contributed by atoms with Gasteiger partial charge in [0.25, 0.3) is 0 Å². The average Bonchev–Trinajstić information content (AvgIpc) is 2.37. The molecule has 0 aliphatic heterocycles. The lowest BCUT2D eigenvalue weighted by Gasteiger charge is -2.27. The van der Waals surface area contributed by atoms with Crippen LogP contribution in [0.4, 0.5) is 0 Å². The lowest BCUT2D eigenvalue weighted by atomic mass is 10.0. The van der Waals surface area contributed by atoms with E-state index < -0.39 is 12.0 Å². The van der Waals surface area contributed by atoms with Gasteiger partial charge >= 0.3 is 5.97 Å². The van der Waals surface area contributed by atoms with Crippen LogP contribution in [0.25, 0.3) is 0 Å². The molecule has 0 heterocycles. The molecule has 0 rings (SSSR count). The van der Waals surface area contributed by atoms with Gasteiger partial charge in [-0.1, -0.05) is 47.5 Å². The Kier molecular flexibility index (Phi) is 9.88. The molecule has 0 amide bonds. The summed E-state index contributed by atoms with van der Waals surface area (Å²) in [6.07, 6.45) is 3.06. The minimum absolute atomic E-state index is 0.204. The Morgan fingerprint density at radius 1 is 1.21 bits per heavy atom. The molecule has 19 heavy (non-hydrogen) atoms. The van der Waals surface area contributed by atoms with E-state index in [9.17, 15) is 9.90 Å². The van der Waals surface area contributed by atoms with E-state index in [2.05, 4.69) is 31.0 Å². The molecule has 0 aromatic carbocycles. The quantitative estimate of drug-likeness (QED) is 0.607. The molecule has 0 fully saturated rings. The third kappa shape index (κ3) is 8.22. The van der Waals surface area contributed by atoms with Crippen molar-refractivity contribution in [3.8, 4) is 0 Å². The van der Waals surface area contributed by atoms with Gasteiger partial charge in [-0.25, -0.2) is 0 Å². The lowest BCUT2D eigenvalue weighted by molar-refractivity contribution is -0.140. The van der Waals surface area contributed by atoms with Crippen LogP contribution in [0.15, 0.2) is 0 Å². The number of aliphatic carboxylic acids is 1. The Bertz CT molecular complexity index is 240. The number of carboxylic acid groups (broad SMARTS) is 1. The summed E-state index contributed by atoms with van der Waals surface area (Å²) in [6.45, 7) is 13.5. The predicted octanol–water partition coefficient (Wildman–Crippen LogP) is 2.59. The van der Waals surface area contributed by atoms with Gasteiger partial charge in [-0.2, -0.15) is 0 Å². The molecule has 0 radical (unpaired) electrons. The van der Waals surface area contributed by atoms with Crippen LogP contribution in [0.2, 0.25) is 0 Å². The van der Waals surface area contributed by atoms with Gasteiger partial charge in [-0.15, -0.1) is 0 Å². The van der Waals surface area contributed by atoms with Crippen LogP contribution in [0, 0.1) is 5.92 Å². The fourth-order valence-electron chi connectivity index (χ4n) is 2.28. The molecule has 2 N–H and O–H groups in total. The Morgan fingerprint density at radius 3 is 2.16 bits per heavy atom. The highest BCUT2D eigenvalue weighted by atomic mass is 16.4. The summed E-state index contributed by atoms with van der Waals surface area (Å²) >= 11 is 0. The monoisotopic (exact) mass is 272 g/mol. The van der Waals surface area contributed by atoms with Crippen molar-refractivity contribution in [2.45, 2.75) is 66.0 Å². The van der Waals surface area contributed by atoms with E-state index in [-0.39, 0.29) is 6.04 Å². The van der Waals surface area contributed by atoms with Gasteiger partial charge in [0, 0.05) is 19.1 Å². The second-order valence-electron chi connectivity index (χ2n) is 5.58. The highest BCUT2D eigenvalue weighted by molar-refractivity contribution is 5.73. The molecule has 0 aliphatic rings. The minimum Gasteiger partial charge on any atom is -0.480 e. The van der Waals surface area contributed by atoms with Crippen LogP contribution >= 0.6 is 0 Å². The van der Waals surface area contributed by atoms with Crippen molar-refractivity contribution >= 4 is 5.97 Å². The average molecular weight is 272 g/mol. The fourth-order valence-corrected chi connectivity index (χ4v) is 2.28. The molecule has 1 atom stereocenters. The van der Waals surface area contributed by atoms with E-state index in [0.717, 1.165) is 25.6 Å². The first-order valence-electron chi connectivity index (χ1n) is 7.65. The standard InChI is InChI=1S/C15H32N2O2/c1-6-13(7-2)11-17(8-3)10-9-14(15(18)19)16-12(4)5/h12-14,16H,6-11H2,1-5H3,(H,18,19). The molecular weight excluding hydrogens is 240 g/mol. The summed E-state index contributed by atoms with van der Waals surface area (Å²) in [7, 11) is 0. The largest absolute Gasteiger partial charge is 0.480 e. The van der Waals surface area contributed by atoms with E-state index in [4.69, 9.17) is 0 Å². The highest BCUT2D eigenvalue weighted by Gasteiger charge is 2.19. The SMILES string of the molecule is CCC(CC)CN(CC)CCC(NC(C)C)C(=O)O. The number of carbonyl (C=O) groups is 1. The molecule has 0 aliphatic carbocycles. The van der Waals surface area contributed by atoms with Crippen LogP contribution in [0.1, 0.15) is 53.9 Å². The zero-order chi connectivity index (χ0) is 14.8. The number of nitrogens with one attached hydrogen (secondary N) is 1. The summed E-state index contributed by atoms with van der Waals surface area (Å²) in [4.78, 5) is 13.6. The molecule has 0 spiro atoms. The van der Waals surface area contributed by atoms with Crippen LogP contribution in [-0.2, 0) is 4.79 Å². The van der Waals surface area contributed by atoms with E-state index in [1.807, 2.05) is 13.8 Å². The Morgan fingerprint density at radius 2 is 1.79 bits per heavy atom. The summed E-state index contributed by atoms with van der Waals surface area (Å²) in [5.74, 6) is -0.0198. The number of hydrogen-bond donors (Lipinski definition) is 2. The van der Waals surface area contributed by atoms with Gasteiger partial charge in [0.2, 0.25) is 0 Å². The van der Waals surface area contributed by atoms with Crippen molar-refractivity contribution in [2.75, 3.05) is 19.6 Å². The number of hydrogen-bond acceptors (Lipinski definition) is 3. The molecule has 1 unspecified atom stereocenters. The van der Waals surface area contributed by atoms with E-state index >= 15 is 0 Å². The molecule has 0 saturated carbocycles. The first-order chi connectivity index (χ1) is 8.94. The zero-order valence-electron chi connectivity index (χ0n) is 13.3. The molecule has 0 aromatic rings. The van der Waals surface area contributed by atoms with Crippen molar-refractivity contribution in [3.63, 3.8) is 0 Å².